The molecule has 1 aromatic carbocycles. The fraction of sp³-hybridized carbons (Fsp3) is 0.684. The Kier molecular flexibility index (Phi) is 4.59. The molecule has 0 spiro atoms. The maximum absolute atomic E-state index is 6.19. The molecule has 112 valence electrons. The standard InChI is InChI=1S/C19H31N/c1-15(18(2,3)20)14-16-8-10-17(11-9-16)19(4)12-6-5-7-13-19/h8-11,15H,5-7,12-14,20H2,1-4H3. The van der Waals surface area contributed by atoms with E-state index in [1.807, 2.05) is 0 Å². The molecule has 1 heteroatoms. The van der Waals surface area contributed by atoms with Crippen molar-refractivity contribution in [2.24, 2.45) is 11.7 Å². The van der Waals surface area contributed by atoms with Gasteiger partial charge in [-0.1, -0.05) is 57.4 Å². The van der Waals surface area contributed by atoms with Gasteiger partial charge in [-0.15, -0.1) is 0 Å². The van der Waals surface area contributed by atoms with Gasteiger partial charge in [0.15, 0.2) is 0 Å². The second-order valence-electron chi connectivity index (χ2n) is 7.74. The van der Waals surface area contributed by atoms with Crippen LogP contribution in [0.2, 0.25) is 0 Å². The van der Waals surface area contributed by atoms with Gasteiger partial charge >= 0.3 is 0 Å². The average Bonchev–Trinajstić information content (AvgIpc) is 2.39. The zero-order valence-corrected chi connectivity index (χ0v) is 13.7. The molecule has 1 aliphatic carbocycles. The van der Waals surface area contributed by atoms with Crippen LogP contribution in [0, 0.1) is 5.92 Å². The first-order chi connectivity index (χ1) is 9.31. The molecule has 0 bridgehead atoms. The molecule has 1 aromatic rings. The molecule has 2 rings (SSSR count). The topological polar surface area (TPSA) is 26.0 Å². The quantitative estimate of drug-likeness (QED) is 0.836. The maximum Gasteiger partial charge on any atom is 0.0126 e. The van der Waals surface area contributed by atoms with Crippen LogP contribution in [0.25, 0.3) is 0 Å². The Hall–Kier alpha value is -0.820. The van der Waals surface area contributed by atoms with Crippen LogP contribution in [0.4, 0.5) is 0 Å². The lowest BCUT2D eigenvalue weighted by Gasteiger charge is -2.34. The molecule has 0 aliphatic heterocycles. The second-order valence-corrected chi connectivity index (χ2v) is 7.74. The van der Waals surface area contributed by atoms with Gasteiger partial charge in [0.05, 0.1) is 0 Å². The third kappa shape index (κ3) is 3.63. The van der Waals surface area contributed by atoms with E-state index in [2.05, 4.69) is 52.0 Å². The molecule has 20 heavy (non-hydrogen) atoms. The van der Waals surface area contributed by atoms with Crippen LogP contribution in [0.1, 0.15) is 70.9 Å². The molecule has 1 nitrogen and oxygen atoms in total. The van der Waals surface area contributed by atoms with Crippen molar-refractivity contribution >= 4 is 0 Å². The van der Waals surface area contributed by atoms with Gasteiger partial charge in [0, 0.05) is 5.54 Å². The van der Waals surface area contributed by atoms with Crippen molar-refractivity contribution in [1.29, 1.82) is 0 Å². The Morgan fingerprint density at radius 3 is 2.15 bits per heavy atom. The highest BCUT2D eigenvalue weighted by Crippen LogP contribution is 2.39. The summed E-state index contributed by atoms with van der Waals surface area (Å²) >= 11 is 0. The minimum Gasteiger partial charge on any atom is -0.325 e. The monoisotopic (exact) mass is 273 g/mol. The minimum atomic E-state index is -0.103. The van der Waals surface area contributed by atoms with Gasteiger partial charge < -0.3 is 5.73 Å². The fourth-order valence-corrected chi connectivity index (χ4v) is 3.28. The molecule has 1 unspecified atom stereocenters. The van der Waals surface area contributed by atoms with Crippen molar-refractivity contribution in [3.63, 3.8) is 0 Å². The molecule has 1 atom stereocenters. The van der Waals surface area contributed by atoms with Crippen molar-refractivity contribution in [1.82, 2.24) is 0 Å². The first kappa shape index (κ1) is 15.6. The van der Waals surface area contributed by atoms with Crippen molar-refractivity contribution < 1.29 is 0 Å². The van der Waals surface area contributed by atoms with E-state index in [1.54, 1.807) is 0 Å². The fourth-order valence-electron chi connectivity index (χ4n) is 3.28. The zero-order valence-electron chi connectivity index (χ0n) is 13.7. The van der Waals surface area contributed by atoms with E-state index in [4.69, 9.17) is 5.73 Å². The van der Waals surface area contributed by atoms with E-state index in [0.717, 1.165) is 6.42 Å². The molecular weight excluding hydrogens is 242 g/mol. The lowest BCUT2D eigenvalue weighted by molar-refractivity contribution is 0.319. The van der Waals surface area contributed by atoms with Crippen molar-refractivity contribution in [3.8, 4) is 0 Å². The van der Waals surface area contributed by atoms with E-state index >= 15 is 0 Å². The Balaban J connectivity index is 2.06. The van der Waals surface area contributed by atoms with Crippen LogP contribution in [0.5, 0.6) is 0 Å². The van der Waals surface area contributed by atoms with Crippen LogP contribution in [0.3, 0.4) is 0 Å². The number of rotatable bonds is 4. The summed E-state index contributed by atoms with van der Waals surface area (Å²) in [5, 5.41) is 0. The normalized spacial score (nSPS) is 20.6. The SMILES string of the molecule is CC(Cc1ccc(C2(C)CCCCC2)cc1)C(C)(C)N. The highest BCUT2D eigenvalue weighted by Gasteiger charge is 2.28. The third-order valence-electron chi connectivity index (χ3n) is 5.42. The van der Waals surface area contributed by atoms with Gasteiger partial charge in [0.1, 0.15) is 0 Å². The number of hydrogen-bond acceptors (Lipinski definition) is 1. The zero-order chi connectivity index (χ0) is 14.8. The first-order valence-electron chi connectivity index (χ1n) is 8.19. The predicted octanol–water partition coefficient (Wildman–Crippen LogP) is 4.82. The highest BCUT2D eigenvalue weighted by molar-refractivity contribution is 5.29. The predicted molar refractivity (Wildman–Crippen MR) is 88.0 cm³/mol. The molecule has 0 heterocycles. The minimum absolute atomic E-state index is 0.103. The average molecular weight is 273 g/mol. The molecule has 0 amide bonds. The summed E-state index contributed by atoms with van der Waals surface area (Å²) in [6.45, 7) is 8.92. The Labute approximate surface area is 125 Å². The summed E-state index contributed by atoms with van der Waals surface area (Å²) in [4.78, 5) is 0. The van der Waals surface area contributed by atoms with Crippen molar-refractivity contribution in [2.75, 3.05) is 0 Å². The Morgan fingerprint density at radius 2 is 1.65 bits per heavy atom. The van der Waals surface area contributed by atoms with E-state index in [0.29, 0.717) is 11.3 Å². The van der Waals surface area contributed by atoms with Crippen LogP contribution in [-0.2, 0) is 11.8 Å². The lowest BCUT2D eigenvalue weighted by atomic mass is 9.71. The van der Waals surface area contributed by atoms with Gasteiger partial charge in [-0.3, -0.25) is 0 Å². The van der Waals surface area contributed by atoms with E-state index in [1.165, 1.54) is 43.2 Å². The third-order valence-corrected chi connectivity index (χ3v) is 5.42. The summed E-state index contributed by atoms with van der Waals surface area (Å²) in [5.74, 6) is 0.499. The van der Waals surface area contributed by atoms with Crippen LogP contribution in [-0.4, -0.2) is 5.54 Å². The van der Waals surface area contributed by atoms with Crippen molar-refractivity contribution in [3.05, 3.63) is 35.4 Å². The lowest BCUT2D eigenvalue weighted by Crippen LogP contribution is -2.40. The van der Waals surface area contributed by atoms with Gasteiger partial charge in [-0.05, 0) is 55.6 Å². The first-order valence-corrected chi connectivity index (χ1v) is 8.19. The summed E-state index contributed by atoms with van der Waals surface area (Å²) < 4.78 is 0. The van der Waals surface area contributed by atoms with E-state index in [9.17, 15) is 0 Å². The maximum atomic E-state index is 6.19. The van der Waals surface area contributed by atoms with Crippen molar-refractivity contribution in [2.45, 2.75) is 77.2 Å². The largest absolute Gasteiger partial charge is 0.325 e. The second kappa shape index (κ2) is 5.89. The molecule has 2 N–H and O–H groups in total. The Bertz CT molecular complexity index is 418. The van der Waals surface area contributed by atoms with Gasteiger partial charge in [-0.25, -0.2) is 0 Å². The highest BCUT2D eigenvalue weighted by atomic mass is 14.7. The summed E-state index contributed by atoms with van der Waals surface area (Å²) in [6.07, 6.45) is 7.95. The molecule has 1 saturated carbocycles. The molecule has 1 fully saturated rings. The number of nitrogens with two attached hydrogens (primary N) is 1. The number of hydrogen-bond donors (Lipinski definition) is 1. The molecule has 0 saturated heterocycles. The molecule has 0 aromatic heterocycles. The molecule has 1 aliphatic rings. The van der Waals surface area contributed by atoms with E-state index < -0.39 is 0 Å². The van der Waals surface area contributed by atoms with Gasteiger partial charge in [0.25, 0.3) is 0 Å². The molecule has 0 radical (unpaired) electrons. The Morgan fingerprint density at radius 1 is 1.10 bits per heavy atom. The van der Waals surface area contributed by atoms with Crippen LogP contribution in [0.15, 0.2) is 24.3 Å². The summed E-state index contributed by atoms with van der Waals surface area (Å²) in [6, 6.07) is 9.35. The summed E-state index contributed by atoms with van der Waals surface area (Å²) in [5.41, 5.74) is 9.45. The molecular formula is C19H31N. The van der Waals surface area contributed by atoms with E-state index in [-0.39, 0.29) is 5.54 Å². The number of benzene rings is 1. The van der Waals surface area contributed by atoms with Crippen LogP contribution < -0.4 is 5.73 Å². The van der Waals surface area contributed by atoms with Gasteiger partial charge in [0.2, 0.25) is 0 Å². The van der Waals surface area contributed by atoms with Crippen LogP contribution >= 0.6 is 0 Å². The smallest absolute Gasteiger partial charge is 0.0126 e. The summed E-state index contributed by atoms with van der Waals surface area (Å²) in [7, 11) is 0. The van der Waals surface area contributed by atoms with Gasteiger partial charge in [-0.2, -0.15) is 0 Å².